The van der Waals surface area contributed by atoms with Gasteiger partial charge in [0.25, 0.3) is 0 Å². The van der Waals surface area contributed by atoms with Crippen molar-refractivity contribution < 1.29 is 13.9 Å². The van der Waals surface area contributed by atoms with Gasteiger partial charge in [-0.15, -0.1) is 0 Å². The van der Waals surface area contributed by atoms with Gasteiger partial charge in [-0.25, -0.2) is 0 Å². The van der Waals surface area contributed by atoms with Crippen molar-refractivity contribution >= 4 is 16.9 Å². The SMILES string of the molecule is CN1C=CC(CN2CCC(C(=O)N3CCN(S(O)(O)N(C)C)CC3)CC2)=CC1N. The van der Waals surface area contributed by atoms with Gasteiger partial charge in [0.1, 0.15) is 0 Å². The summed E-state index contributed by atoms with van der Waals surface area (Å²) in [6, 6.07) is 0. The highest BCUT2D eigenvalue weighted by atomic mass is 32.3. The van der Waals surface area contributed by atoms with Gasteiger partial charge in [-0.1, -0.05) is 11.0 Å². The summed E-state index contributed by atoms with van der Waals surface area (Å²) < 4.78 is 23.6. The van der Waals surface area contributed by atoms with Gasteiger partial charge in [0.15, 0.2) is 0 Å². The van der Waals surface area contributed by atoms with Crippen LogP contribution in [0.15, 0.2) is 23.9 Å². The highest BCUT2D eigenvalue weighted by Gasteiger charge is 2.34. The molecule has 0 aromatic rings. The molecular weight excluding hydrogens is 392 g/mol. The Balaban J connectivity index is 1.44. The van der Waals surface area contributed by atoms with Crippen LogP contribution in [0.25, 0.3) is 0 Å². The standard InChI is InChI=1S/C19H36N6O3S/c1-21(2)29(27,28)25-12-10-24(11-13-25)19(26)17-5-8-23(9-6-17)15-16-4-7-22(3)18(20)14-16/h4,7,14,17-18,27-28H,5-6,8-13,15,20H2,1-3H3. The lowest BCUT2D eigenvalue weighted by molar-refractivity contribution is -0.138. The molecule has 1 atom stereocenters. The lowest BCUT2D eigenvalue weighted by atomic mass is 9.94. The Morgan fingerprint density at radius 2 is 1.79 bits per heavy atom. The average molecular weight is 429 g/mol. The predicted molar refractivity (Wildman–Crippen MR) is 117 cm³/mol. The van der Waals surface area contributed by atoms with Gasteiger partial charge in [0.2, 0.25) is 5.91 Å². The van der Waals surface area contributed by atoms with Crippen molar-refractivity contribution in [1.82, 2.24) is 23.3 Å². The quantitative estimate of drug-likeness (QED) is 0.587. The zero-order chi connectivity index (χ0) is 21.2. The van der Waals surface area contributed by atoms with E-state index in [2.05, 4.69) is 17.1 Å². The van der Waals surface area contributed by atoms with Crippen LogP contribution in [0.1, 0.15) is 12.8 Å². The number of nitrogens with two attached hydrogens (primary N) is 1. The van der Waals surface area contributed by atoms with E-state index in [0.717, 1.165) is 32.5 Å². The summed E-state index contributed by atoms with van der Waals surface area (Å²) in [6.45, 7) is 4.76. The Morgan fingerprint density at radius 1 is 1.17 bits per heavy atom. The molecule has 10 heteroatoms. The van der Waals surface area contributed by atoms with Crippen LogP contribution < -0.4 is 5.73 Å². The van der Waals surface area contributed by atoms with Crippen LogP contribution >= 0.6 is 11.0 Å². The molecule has 9 nitrogen and oxygen atoms in total. The van der Waals surface area contributed by atoms with Gasteiger partial charge in [0, 0.05) is 66.0 Å². The molecule has 0 aliphatic carbocycles. The third-order valence-electron chi connectivity index (χ3n) is 6.11. The first kappa shape index (κ1) is 22.5. The van der Waals surface area contributed by atoms with Crippen LogP contribution in [0.5, 0.6) is 0 Å². The molecule has 3 aliphatic rings. The number of piperazine rings is 1. The molecule has 1 unspecified atom stereocenters. The van der Waals surface area contributed by atoms with Crippen LogP contribution in [0, 0.1) is 5.92 Å². The highest BCUT2D eigenvalue weighted by Crippen LogP contribution is 2.45. The Kier molecular flexibility index (Phi) is 7.26. The molecule has 0 aromatic heterocycles. The second-order valence-corrected chi connectivity index (χ2v) is 10.5. The van der Waals surface area contributed by atoms with E-state index in [9.17, 15) is 13.9 Å². The van der Waals surface area contributed by atoms with E-state index in [1.165, 1.54) is 9.88 Å². The highest BCUT2D eigenvalue weighted by molar-refractivity contribution is 8.20. The lowest BCUT2D eigenvalue weighted by Crippen LogP contribution is -2.53. The van der Waals surface area contributed by atoms with Crippen LogP contribution in [-0.4, -0.2) is 111 Å². The monoisotopic (exact) mass is 428 g/mol. The number of rotatable bonds is 5. The number of amides is 1. The smallest absolute Gasteiger partial charge is 0.225 e. The molecule has 2 saturated heterocycles. The third kappa shape index (κ3) is 5.32. The normalized spacial score (nSPS) is 26.2. The molecule has 3 heterocycles. The van der Waals surface area contributed by atoms with E-state index in [4.69, 9.17) is 5.73 Å². The predicted octanol–water partition coefficient (Wildman–Crippen LogP) is 0.655. The summed E-state index contributed by atoms with van der Waals surface area (Å²) in [5, 5.41) is 0. The first-order chi connectivity index (χ1) is 13.7. The Bertz CT molecular complexity index is 640. The minimum absolute atomic E-state index is 0.0660. The maximum absolute atomic E-state index is 12.9. The Hall–Kier alpha value is -1.14. The van der Waals surface area contributed by atoms with E-state index >= 15 is 0 Å². The molecule has 2 fully saturated rings. The fourth-order valence-corrected chi connectivity index (χ4v) is 5.16. The van der Waals surface area contributed by atoms with Gasteiger partial charge >= 0.3 is 0 Å². The molecule has 166 valence electrons. The number of likely N-dealkylation sites (N-methyl/N-ethyl adjacent to an activating group) is 1. The second kappa shape index (κ2) is 9.34. The molecule has 29 heavy (non-hydrogen) atoms. The number of carbonyl (C=O) groups is 1. The van der Waals surface area contributed by atoms with E-state index in [1.807, 2.05) is 23.0 Å². The maximum Gasteiger partial charge on any atom is 0.225 e. The van der Waals surface area contributed by atoms with Gasteiger partial charge in [0.05, 0.1) is 6.17 Å². The molecular formula is C19H36N6O3S. The molecule has 1 amide bonds. The van der Waals surface area contributed by atoms with Gasteiger partial charge in [-0.3, -0.25) is 18.8 Å². The van der Waals surface area contributed by atoms with Crippen molar-refractivity contribution in [2.45, 2.75) is 19.0 Å². The largest absolute Gasteiger partial charge is 0.362 e. The van der Waals surface area contributed by atoms with E-state index in [1.54, 1.807) is 18.4 Å². The van der Waals surface area contributed by atoms with Crippen molar-refractivity contribution in [1.29, 1.82) is 0 Å². The van der Waals surface area contributed by atoms with Gasteiger partial charge in [-0.2, -0.15) is 8.61 Å². The second-order valence-electron chi connectivity index (χ2n) is 8.32. The molecule has 3 aliphatic heterocycles. The van der Waals surface area contributed by atoms with E-state index in [0.29, 0.717) is 26.2 Å². The number of carbonyl (C=O) groups excluding carboxylic acids is 1. The minimum Gasteiger partial charge on any atom is -0.362 e. The average Bonchev–Trinajstić information content (AvgIpc) is 2.71. The van der Waals surface area contributed by atoms with E-state index in [-0.39, 0.29) is 18.0 Å². The molecule has 4 N–H and O–H groups in total. The number of likely N-dealkylation sites (tertiary alicyclic amines) is 1. The van der Waals surface area contributed by atoms with Gasteiger partial charge in [-0.05, 0) is 43.7 Å². The van der Waals surface area contributed by atoms with Crippen molar-refractivity contribution in [2.24, 2.45) is 11.7 Å². The fourth-order valence-electron chi connectivity index (χ4n) is 4.05. The number of hydrogen-bond donors (Lipinski definition) is 3. The summed E-state index contributed by atoms with van der Waals surface area (Å²) in [4.78, 5) is 19.2. The third-order valence-corrected chi connectivity index (χ3v) is 8.15. The summed E-state index contributed by atoms with van der Waals surface area (Å²) in [6.07, 6.45) is 7.89. The number of hydrogen-bond acceptors (Lipinski definition) is 8. The topological polar surface area (TPSA) is 99.8 Å². The van der Waals surface area contributed by atoms with Gasteiger partial charge < -0.3 is 15.5 Å². The molecule has 0 spiro atoms. The minimum atomic E-state index is -2.90. The zero-order valence-corrected chi connectivity index (χ0v) is 18.6. The molecule has 0 radical (unpaired) electrons. The first-order valence-corrected chi connectivity index (χ1v) is 11.7. The van der Waals surface area contributed by atoms with Crippen LogP contribution in [0.2, 0.25) is 0 Å². The van der Waals surface area contributed by atoms with E-state index < -0.39 is 11.0 Å². The summed E-state index contributed by atoms with van der Waals surface area (Å²) in [7, 11) is 2.38. The molecule has 0 aromatic carbocycles. The first-order valence-electron chi connectivity index (χ1n) is 10.3. The zero-order valence-electron chi connectivity index (χ0n) is 17.8. The molecule has 0 saturated carbocycles. The van der Waals surface area contributed by atoms with Crippen LogP contribution in [0.3, 0.4) is 0 Å². The number of piperidine rings is 1. The summed E-state index contributed by atoms with van der Waals surface area (Å²) in [5.41, 5.74) is 7.30. The number of nitrogens with zero attached hydrogens (tertiary/aromatic N) is 5. The summed E-state index contributed by atoms with van der Waals surface area (Å²) in [5.74, 6) is 0.280. The van der Waals surface area contributed by atoms with Crippen molar-refractivity contribution in [3.63, 3.8) is 0 Å². The summed E-state index contributed by atoms with van der Waals surface area (Å²) >= 11 is 0. The molecule has 0 bridgehead atoms. The lowest BCUT2D eigenvalue weighted by Gasteiger charge is -2.50. The van der Waals surface area contributed by atoms with Crippen molar-refractivity contribution in [2.75, 3.05) is 67.0 Å². The molecule has 3 rings (SSSR count). The Morgan fingerprint density at radius 3 is 2.34 bits per heavy atom. The van der Waals surface area contributed by atoms with Crippen molar-refractivity contribution in [3.05, 3.63) is 23.9 Å². The maximum atomic E-state index is 12.9. The van der Waals surface area contributed by atoms with Crippen molar-refractivity contribution in [3.8, 4) is 0 Å². The van der Waals surface area contributed by atoms with Crippen LogP contribution in [-0.2, 0) is 4.79 Å². The Labute approximate surface area is 176 Å². The fraction of sp³-hybridized carbons (Fsp3) is 0.737. The van der Waals surface area contributed by atoms with Crippen LogP contribution in [0.4, 0.5) is 0 Å².